The van der Waals surface area contributed by atoms with E-state index in [1.54, 1.807) is 7.11 Å². The number of likely N-dealkylation sites (N-methyl/N-ethyl adjacent to an activating group) is 1. The Hall–Kier alpha value is -1.59. The second-order valence-electron chi connectivity index (χ2n) is 5.82. The highest BCUT2D eigenvalue weighted by molar-refractivity contribution is 5.96. The maximum atomic E-state index is 12.5. The molecule has 0 bridgehead atoms. The lowest BCUT2D eigenvalue weighted by Gasteiger charge is -2.31. The summed E-state index contributed by atoms with van der Waals surface area (Å²) in [6, 6.07) is 5.76. The molecule has 0 saturated carbocycles. The van der Waals surface area contributed by atoms with Gasteiger partial charge in [-0.15, -0.1) is 0 Å². The van der Waals surface area contributed by atoms with E-state index in [0.29, 0.717) is 19.0 Å². The van der Waals surface area contributed by atoms with Crippen LogP contribution in [0.2, 0.25) is 0 Å². The maximum Gasteiger partial charge on any atom is 0.241 e. The molecular formula is C17H26N2O3. The van der Waals surface area contributed by atoms with Crippen LogP contribution in [0.4, 0.5) is 5.69 Å². The zero-order valence-electron chi connectivity index (χ0n) is 13.7. The minimum Gasteiger partial charge on any atom is -0.489 e. The largest absolute Gasteiger partial charge is 0.489 e. The zero-order chi connectivity index (χ0) is 15.9. The van der Waals surface area contributed by atoms with Gasteiger partial charge in [0.25, 0.3) is 0 Å². The number of nitrogens with one attached hydrogen (secondary N) is 1. The van der Waals surface area contributed by atoms with E-state index in [-0.39, 0.29) is 11.9 Å². The predicted octanol–water partition coefficient (Wildman–Crippen LogP) is 2.44. The predicted molar refractivity (Wildman–Crippen MR) is 87.4 cm³/mol. The number of anilines is 1. The first kappa shape index (κ1) is 16.8. The van der Waals surface area contributed by atoms with Gasteiger partial charge in [0, 0.05) is 7.11 Å². The molecule has 0 spiro atoms. The first-order valence-electron chi connectivity index (χ1n) is 7.85. The number of rotatable bonds is 6. The number of likely N-dealkylation sites (tertiary alicyclic amines) is 1. The number of carbonyl (C=O) groups excluding carboxylic acids is 1. The van der Waals surface area contributed by atoms with Gasteiger partial charge in [-0.05, 0) is 51.1 Å². The van der Waals surface area contributed by atoms with Crippen LogP contribution >= 0.6 is 0 Å². The van der Waals surface area contributed by atoms with Crippen molar-refractivity contribution >= 4 is 11.6 Å². The van der Waals surface area contributed by atoms with Crippen molar-refractivity contribution in [2.75, 3.05) is 39.2 Å². The highest BCUT2D eigenvalue weighted by Gasteiger charge is 2.26. The number of hydrogen-bond donors (Lipinski definition) is 1. The van der Waals surface area contributed by atoms with Crippen molar-refractivity contribution in [3.05, 3.63) is 23.8 Å². The number of benzene rings is 1. The van der Waals surface area contributed by atoms with Gasteiger partial charge in [-0.2, -0.15) is 0 Å². The monoisotopic (exact) mass is 306 g/mol. The molecule has 1 aromatic carbocycles. The van der Waals surface area contributed by atoms with Gasteiger partial charge in [0.2, 0.25) is 5.91 Å². The first-order valence-corrected chi connectivity index (χ1v) is 7.85. The highest BCUT2D eigenvalue weighted by Crippen LogP contribution is 2.27. The third-order valence-electron chi connectivity index (χ3n) is 4.01. The quantitative estimate of drug-likeness (QED) is 0.820. The van der Waals surface area contributed by atoms with Crippen molar-refractivity contribution in [1.82, 2.24) is 4.90 Å². The molecule has 1 aromatic rings. The summed E-state index contributed by atoms with van der Waals surface area (Å²) in [5.41, 5.74) is 1.82. The second-order valence-corrected chi connectivity index (χ2v) is 5.82. The van der Waals surface area contributed by atoms with E-state index in [0.717, 1.165) is 37.1 Å². The zero-order valence-corrected chi connectivity index (χ0v) is 13.7. The van der Waals surface area contributed by atoms with Gasteiger partial charge in [0.1, 0.15) is 12.4 Å². The van der Waals surface area contributed by atoms with E-state index in [1.807, 2.05) is 32.2 Å². The SMILES string of the molecule is COCCOc1cc(C)ccc1NC(=O)[C@@H]1CCCCN1C. The lowest BCUT2D eigenvalue weighted by atomic mass is 10.0. The van der Waals surface area contributed by atoms with E-state index < -0.39 is 0 Å². The van der Waals surface area contributed by atoms with Gasteiger partial charge >= 0.3 is 0 Å². The lowest BCUT2D eigenvalue weighted by molar-refractivity contribution is -0.121. The van der Waals surface area contributed by atoms with Gasteiger partial charge in [-0.25, -0.2) is 0 Å². The van der Waals surface area contributed by atoms with Crippen LogP contribution in [0.5, 0.6) is 5.75 Å². The molecule has 0 unspecified atom stereocenters. The Kier molecular flexibility index (Phi) is 6.21. The Labute approximate surface area is 132 Å². The van der Waals surface area contributed by atoms with Gasteiger partial charge in [0.05, 0.1) is 18.3 Å². The van der Waals surface area contributed by atoms with Crippen molar-refractivity contribution in [3.8, 4) is 5.75 Å². The van der Waals surface area contributed by atoms with Crippen LogP contribution in [-0.2, 0) is 9.53 Å². The standard InChI is InChI=1S/C17H26N2O3/c1-13-7-8-14(16(12-13)22-11-10-21-3)18-17(20)15-6-4-5-9-19(15)2/h7-8,12,15H,4-6,9-11H2,1-3H3,(H,18,20)/t15-/m0/s1. The molecule has 2 rings (SSSR count). The Bertz CT molecular complexity index is 505. The van der Waals surface area contributed by atoms with E-state index in [4.69, 9.17) is 9.47 Å². The fraction of sp³-hybridized carbons (Fsp3) is 0.588. The van der Waals surface area contributed by atoms with Crippen LogP contribution in [0.25, 0.3) is 0 Å². The summed E-state index contributed by atoms with van der Waals surface area (Å²) in [6.07, 6.45) is 3.18. The number of aryl methyl sites for hydroxylation is 1. The summed E-state index contributed by atoms with van der Waals surface area (Å²) in [5, 5.41) is 3.02. The minimum atomic E-state index is -0.0538. The Morgan fingerprint density at radius 2 is 2.18 bits per heavy atom. The highest BCUT2D eigenvalue weighted by atomic mass is 16.5. The summed E-state index contributed by atoms with van der Waals surface area (Å²) in [7, 11) is 3.65. The molecule has 0 radical (unpaired) electrons. The second kappa shape index (κ2) is 8.15. The Morgan fingerprint density at radius 3 is 2.91 bits per heavy atom. The molecular weight excluding hydrogens is 280 g/mol. The van der Waals surface area contributed by atoms with Crippen molar-refractivity contribution in [1.29, 1.82) is 0 Å². The number of nitrogens with zero attached hydrogens (tertiary/aromatic N) is 1. The smallest absolute Gasteiger partial charge is 0.241 e. The molecule has 1 heterocycles. The molecule has 1 aliphatic heterocycles. The molecule has 5 nitrogen and oxygen atoms in total. The summed E-state index contributed by atoms with van der Waals surface area (Å²) < 4.78 is 10.7. The van der Waals surface area contributed by atoms with Crippen LogP contribution in [0, 0.1) is 6.92 Å². The van der Waals surface area contributed by atoms with Crippen molar-refractivity contribution in [3.63, 3.8) is 0 Å². The third-order valence-corrected chi connectivity index (χ3v) is 4.01. The fourth-order valence-electron chi connectivity index (χ4n) is 2.71. The van der Waals surface area contributed by atoms with Crippen LogP contribution in [-0.4, -0.2) is 50.8 Å². The molecule has 1 saturated heterocycles. The van der Waals surface area contributed by atoms with Gasteiger partial charge < -0.3 is 14.8 Å². The maximum absolute atomic E-state index is 12.5. The van der Waals surface area contributed by atoms with Gasteiger partial charge in [-0.3, -0.25) is 9.69 Å². The summed E-state index contributed by atoms with van der Waals surface area (Å²) >= 11 is 0. The normalized spacial score (nSPS) is 19.0. The molecule has 5 heteroatoms. The molecule has 1 amide bonds. The summed E-state index contributed by atoms with van der Waals surface area (Å²) in [5.74, 6) is 0.742. The Morgan fingerprint density at radius 1 is 1.36 bits per heavy atom. The number of carbonyl (C=O) groups is 1. The number of methoxy groups -OCH3 is 1. The molecule has 22 heavy (non-hydrogen) atoms. The molecule has 122 valence electrons. The third kappa shape index (κ3) is 4.45. The Balaban J connectivity index is 2.05. The molecule has 0 aliphatic carbocycles. The molecule has 1 N–H and O–H groups in total. The summed E-state index contributed by atoms with van der Waals surface area (Å²) in [6.45, 7) is 3.96. The van der Waals surface area contributed by atoms with E-state index in [2.05, 4.69) is 10.2 Å². The number of ether oxygens (including phenoxy) is 2. The van der Waals surface area contributed by atoms with E-state index in [9.17, 15) is 4.79 Å². The van der Waals surface area contributed by atoms with Crippen LogP contribution in [0.15, 0.2) is 18.2 Å². The van der Waals surface area contributed by atoms with Crippen LogP contribution in [0.1, 0.15) is 24.8 Å². The van der Waals surface area contributed by atoms with Gasteiger partial charge in [-0.1, -0.05) is 12.5 Å². The first-order chi connectivity index (χ1) is 10.6. The topological polar surface area (TPSA) is 50.8 Å². The van der Waals surface area contributed by atoms with Crippen molar-refractivity contribution < 1.29 is 14.3 Å². The van der Waals surface area contributed by atoms with E-state index in [1.165, 1.54) is 0 Å². The average molecular weight is 306 g/mol. The van der Waals surface area contributed by atoms with Gasteiger partial charge in [0.15, 0.2) is 0 Å². The number of piperidine rings is 1. The number of amides is 1. The molecule has 1 atom stereocenters. The fourth-order valence-corrected chi connectivity index (χ4v) is 2.71. The van der Waals surface area contributed by atoms with Crippen LogP contribution in [0.3, 0.4) is 0 Å². The molecule has 0 aromatic heterocycles. The number of hydrogen-bond acceptors (Lipinski definition) is 4. The summed E-state index contributed by atoms with van der Waals surface area (Å²) in [4.78, 5) is 14.6. The van der Waals surface area contributed by atoms with Crippen molar-refractivity contribution in [2.45, 2.75) is 32.2 Å². The molecule has 1 aliphatic rings. The average Bonchev–Trinajstić information content (AvgIpc) is 2.50. The lowest BCUT2D eigenvalue weighted by Crippen LogP contribution is -2.44. The van der Waals surface area contributed by atoms with Crippen molar-refractivity contribution in [2.24, 2.45) is 0 Å². The molecule has 1 fully saturated rings. The van der Waals surface area contributed by atoms with Crippen LogP contribution < -0.4 is 10.1 Å². The minimum absolute atomic E-state index is 0.0441. The van der Waals surface area contributed by atoms with E-state index >= 15 is 0 Å².